The van der Waals surface area contributed by atoms with Crippen molar-refractivity contribution in [3.05, 3.63) is 0 Å². The van der Waals surface area contributed by atoms with Gasteiger partial charge in [-0.15, -0.1) is 0 Å². The molecule has 1 heterocycles. The van der Waals surface area contributed by atoms with Crippen LogP contribution in [0.15, 0.2) is 0 Å². The Bertz CT molecular complexity index is 350. The van der Waals surface area contributed by atoms with Crippen LogP contribution in [0.2, 0.25) is 0 Å². The van der Waals surface area contributed by atoms with E-state index in [0.717, 1.165) is 37.9 Å². The smallest absolute Gasteiger partial charge is 0.310 e. The Labute approximate surface area is 122 Å². The topological polar surface area (TPSA) is 41.6 Å². The van der Waals surface area contributed by atoms with Gasteiger partial charge < -0.3 is 10.1 Å². The van der Waals surface area contributed by atoms with E-state index in [9.17, 15) is 4.79 Å². The standard InChI is InChI=1S/C16H28N2O2/c1-11-5-15(6-11)18-9-13(16(19)20-2)7-14(10-18)17-8-12-3-4-12/h11-15,17H,3-10H2,1-2H3. The third-order valence-electron chi connectivity index (χ3n) is 5.27. The first kappa shape index (κ1) is 14.3. The number of esters is 1. The van der Waals surface area contributed by atoms with E-state index in [-0.39, 0.29) is 11.9 Å². The average Bonchev–Trinajstić information content (AvgIpc) is 3.24. The summed E-state index contributed by atoms with van der Waals surface area (Å²) in [5.74, 6) is 1.78. The molecular formula is C16H28N2O2. The van der Waals surface area contributed by atoms with Crippen LogP contribution in [0.5, 0.6) is 0 Å². The van der Waals surface area contributed by atoms with Gasteiger partial charge in [0.2, 0.25) is 0 Å². The minimum atomic E-state index is -0.0275. The molecule has 2 unspecified atom stereocenters. The van der Waals surface area contributed by atoms with Gasteiger partial charge in [-0.3, -0.25) is 9.69 Å². The summed E-state index contributed by atoms with van der Waals surface area (Å²) in [6.45, 7) is 5.46. The van der Waals surface area contributed by atoms with Crippen LogP contribution in [0.3, 0.4) is 0 Å². The van der Waals surface area contributed by atoms with Gasteiger partial charge in [-0.1, -0.05) is 6.92 Å². The molecule has 20 heavy (non-hydrogen) atoms. The highest BCUT2D eigenvalue weighted by Gasteiger charge is 2.39. The van der Waals surface area contributed by atoms with E-state index in [2.05, 4.69) is 17.1 Å². The third-order valence-corrected chi connectivity index (χ3v) is 5.27. The summed E-state index contributed by atoms with van der Waals surface area (Å²) in [6.07, 6.45) is 6.29. The predicted molar refractivity (Wildman–Crippen MR) is 78.4 cm³/mol. The van der Waals surface area contributed by atoms with Crippen LogP contribution < -0.4 is 5.32 Å². The largest absolute Gasteiger partial charge is 0.469 e. The van der Waals surface area contributed by atoms with Crippen LogP contribution in [-0.4, -0.2) is 49.7 Å². The van der Waals surface area contributed by atoms with Crippen molar-refractivity contribution in [2.45, 2.75) is 51.1 Å². The highest BCUT2D eigenvalue weighted by molar-refractivity contribution is 5.72. The lowest BCUT2D eigenvalue weighted by Gasteiger charge is -2.47. The summed E-state index contributed by atoms with van der Waals surface area (Å²) in [6, 6.07) is 1.16. The molecule has 3 fully saturated rings. The van der Waals surface area contributed by atoms with Gasteiger partial charge >= 0.3 is 5.97 Å². The number of hydrogen-bond acceptors (Lipinski definition) is 4. The minimum Gasteiger partial charge on any atom is -0.469 e. The van der Waals surface area contributed by atoms with Crippen molar-refractivity contribution in [1.29, 1.82) is 0 Å². The predicted octanol–water partition coefficient (Wildman–Crippen LogP) is 1.65. The van der Waals surface area contributed by atoms with E-state index in [1.54, 1.807) is 0 Å². The van der Waals surface area contributed by atoms with Crippen LogP contribution in [0.25, 0.3) is 0 Å². The molecule has 0 aromatic carbocycles. The molecule has 1 N–H and O–H groups in total. The Hall–Kier alpha value is -0.610. The van der Waals surface area contributed by atoms with Gasteiger partial charge in [-0.2, -0.15) is 0 Å². The Morgan fingerprint density at radius 1 is 1.25 bits per heavy atom. The van der Waals surface area contributed by atoms with Gasteiger partial charge in [0, 0.05) is 25.2 Å². The van der Waals surface area contributed by atoms with Gasteiger partial charge in [0.1, 0.15) is 0 Å². The molecule has 3 rings (SSSR count). The number of rotatable bonds is 5. The Balaban J connectivity index is 1.56. The molecule has 0 aromatic heterocycles. The summed E-state index contributed by atoms with van der Waals surface area (Å²) < 4.78 is 4.98. The first-order valence-electron chi connectivity index (χ1n) is 8.21. The molecule has 0 spiro atoms. The monoisotopic (exact) mass is 280 g/mol. The van der Waals surface area contributed by atoms with Gasteiger partial charge in [-0.25, -0.2) is 0 Å². The summed E-state index contributed by atoms with van der Waals surface area (Å²) in [7, 11) is 1.51. The van der Waals surface area contributed by atoms with Crippen LogP contribution in [0.1, 0.15) is 39.0 Å². The van der Waals surface area contributed by atoms with Crippen molar-refractivity contribution in [1.82, 2.24) is 10.2 Å². The van der Waals surface area contributed by atoms with Crippen LogP contribution in [0.4, 0.5) is 0 Å². The lowest BCUT2D eigenvalue weighted by atomic mass is 9.79. The lowest BCUT2D eigenvalue weighted by molar-refractivity contribution is -0.148. The number of carbonyl (C=O) groups is 1. The maximum atomic E-state index is 11.9. The molecule has 4 nitrogen and oxygen atoms in total. The summed E-state index contributed by atoms with van der Waals surface area (Å²) >= 11 is 0. The fourth-order valence-electron chi connectivity index (χ4n) is 3.73. The lowest BCUT2D eigenvalue weighted by Crippen LogP contribution is -2.57. The summed E-state index contributed by atoms with van der Waals surface area (Å²) in [5, 5.41) is 3.69. The molecule has 0 radical (unpaired) electrons. The number of likely N-dealkylation sites (tertiary alicyclic amines) is 1. The Morgan fingerprint density at radius 3 is 2.60 bits per heavy atom. The quantitative estimate of drug-likeness (QED) is 0.778. The number of ether oxygens (including phenoxy) is 1. The van der Waals surface area contributed by atoms with Crippen LogP contribution in [-0.2, 0) is 9.53 Å². The Morgan fingerprint density at radius 2 is 2.00 bits per heavy atom. The molecule has 2 aliphatic carbocycles. The van der Waals surface area contributed by atoms with E-state index in [4.69, 9.17) is 4.74 Å². The zero-order valence-electron chi connectivity index (χ0n) is 12.8. The van der Waals surface area contributed by atoms with Crippen molar-refractivity contribution < 1.29 is 9.53 Å². The maximum absolute atomic E-state index is 11.9. The van der Waals surface area contributed by atoms with Crippen LogP contribution >= 0.6 is 0 Å². The Kier molecular flexibility index (Phi) is 4.32. The molecule has 0 aromatic rings. The maximum Gasteiger partial charge on any atom is 0.310 e. The van der Waals surface area contributed by atoms with Gasteiger partial charge in [0.05, 0.1) is 13.0 Å². The van der Waals surface area contributed by atoms with E-state index < -0.39 is 0 Å². The number of nitrogens with zero attached hydrogens (tertiary/aromatic N) is 1. The number of carbonyl (C=O) groups excluding carboxylic acids is 1. The SMILES string of the molecule is COC(=O)C1CC(NCC2CC2)CN(C2CC(C)C2)C1. The molecule has 4 heteroatoms. The van der Waals surface area contributed by atoms with Gasteiger partial charge in [-0.05, 0) is 50.5 Å². The van der Waals surface area contributed by atoms with Gasteiger partial charge in [0.15, 0.2) is 0 Å². The molecule has 2 atom stereocenters. The van der Waals surface area contributed by atoms with Gasteiger partial charge in [0.25, 0.3) is 0 Å². The second-order valence-corrected chi connectivity index (χ2v) is 7.19. The molecule has 0 bridgehead atoms. The van der Waals surface area contributed by atoms with E-state index in [1.165, 1.54) is 32.8 Å². The highest BCUT2D eigenvalue weighted by atomic mass is 16.5. The first-order chi connectivity index (χ1) is 9.65. The normalized spacial score (nSPS) is 38.3. The van der Waals surface area contributed by atoms with E-state index >= 15 is 0 Å². The molecule has 114 valence electrons. The summed E-state index contributed by atoms with van der Waals surface area (Å²) in [4.78, 5) is 14.5. The van der Waals surface area contributed by atoms with E-state index in [1.807, 2.05) is 0 Å². The number of methoxy groups -OCH3 is 1. The molecular weight excluding hydrogens is 252 g/mol. The van der Waals surface area contributed by atoms with E-state index in [0.29, 0.717) is 12.1 Å². The first-order valence-corrected chi connectivity index (χ1v) is 8.21. The zero-order valence-corrected chi connectivity index (χ0v) is 12.8. The molecule has 1 saturated heterocycles. The van der Waals surface area contributed by atoms with Crippen molar-refractivity contribution in [3.8, 4) is 0 Å². The molecule has 3 aliphatic rings. The minimum absolute atomic E-state index is 0.0275. The zero-order chi connectivity index (χ0) is 14.1. The number of piperidine rings is 1. The van der Waals surface area contributed by atoms with Crippen molar-refractivity contribution in [2.24, 2.45) is 17.8 Å². The second-order valence-electron chi connectivity index (χ2n) is 7.19. The number of hydrogen-bond donors (Lipinski definition) is 1. The van der Waals surface area contributed by atoms with Crippen molar-refractivity contribution in [2.75, 3.05) is 26.7 Å². The third kappa shape index (κ3) is 3.34. The molecule has 2 saturated carbocycles. The van der Waals surface area contributed by atoms with Crippen molar-refractivity contribution in [3.63, 3.8) is 0 Å². The van der Waals surface area contributed by atoms with Crippen LogP contribution in [0, 0.1) is 17.8 Å². The fourth-order valence-corrected chi connectivity index (χ4v) is 3.73. The highest BCUT2D eigenvalue weighted by Crippen LogP contribution is 2.34. The molecule has 1 aliphatic heterocycles. The average molecular weight is 280 g/mol. The second kappa shape index (κ2) is 6.02. The fraction of sp³-hybridized carbons (Fsp3) is 0.938. The van der Waals surface area contributed by atoms with Crippen molar-refractivity contribution >= 4 is 5.97 Å². The summed E-state index contributed by atoms with van der Waals surface area (Å²) in [5.41, 5.74) is 0. The molecule has 0 amide bonds. The number of nitrogens with one attached hydrogen (secondary N) is 1.